The van der Waals surface area contributed by atoms with E-state index in [1.807, 2.05) is 0 Å². The Hall–Kier alpha value is -1.95. The minimum absolute atomic E-state index is 0.0280. The molecule has 0 spiro atoms. The van der Waals surface area contributed by atoms with Gasteiger partial charge in [0.25, 0.3) is 0 Å². The first kappa shape index (κ1) is 13.5. The van der Waals surface area contributed by atoms with Crippen molar-refractivity contribution in [3.63, 3.8) is 0 Å². The lowest BCUT2D eigenvalue weighted by atomic mass is 10.2. The molecule has 0 radical (unpaired) electrons. The van der Waals surface area contributed by atoms with E-state index in [1.165, 1.54) is 24.3 Å². The molecule has 4 nitrogen and oxygen atoms in total. The van der Waals surface area contributed by atoms with Crippen molar-refractivity contribution in [1.29, 1.82) is 0 Å². The van der Waals surface area contributed by atoms with E-state index in [0.717, 1.165) is 0 Å². The van der Waals surface area contributed by atoms with Crippen molar-refractivity contribution in [2.45, 2.75) is 6.92 Å². The summed E-state index contributed by atoms with van der Waals surface area (Å²) >= 11 is 3.14. The molecule has 98 valence electrons. The Bertz CT molecular complexity index is 646. The Kier molecular flexibility index (Phi) is 3.80. The number of aryl methyl sites for hydroxylation is 1. The minimum atomic E-state index is -1.14. The van der Waals surface area contributed by atoms with Crippen molar-refractivity contribution >= 4 is 21.9 Å². The summed E-state index contributed by atoms with van der Waals surface area (Å²) in [5.74, 6) is -1.29. The third kappa shape index (κ3) is 3.08. The third-order valence-electron chi connectivity index (χ3n) is 2.33. The summed E-state index contributed by atoms with van der Waals surface area (Å²) in [6.45, 7) is 1.72. The monoisotopic (exact) mass is 325 g/mol. The van der Waals surface area contributed by atoms with Crippen LogP contribution >= 0.6 is 15.9 Å². The molecular formula is C13H9BrFNO3. The third-order valence-corrected chi connectivity index (χ3v) is 2.95. The second-order valence-electron chi connectivity index (χ2n) is 3.79. The highest BCUT2D eigenvalue weighted by Crippen LogP contribution is 2.31. The van der Waals surface area contributed by atoms with Crippen LogP contribution in [0.4, 0.5) is 4.39 Å². The molecule has 2 rings (SSSR count). The van der Waals surface area contributed by atoms with Crippen LogP contribution in [0.1, 0.15) is 16.1 Å². The van der Waals surface area contributed by atoms with Gasteiger partial charge < -0.3 is 9.84 Å². The van der Waals surface area contributed by atoms with E-state index in [1.54, 1.807) is 13.0 Å². The minimum Gasteiger partial charge on any atom is -0.477 e. The molecule has 1 aromatic carbocycles. The zero-order chi connectivity index (χ0) is 14.0. The van der Waals surface area contributed by atoms with E-state index < -0.39 is 11.8 Å². The molecule has 0 saturated carbocycles. The number of carboxylic acids is 1. The number of carbonyl (C=O) groups is 1. The van der Waals surface area contributed by atoms with Crippen LogP contribution in [0.15, 0.2) is 34.8 Å². The topological polar surface area (TPSA) is 59.4 Å². The van der Waals surface area contributed by atoms with Crippen molar-refractivity contribution in [2.24, 2.45) is 0 Å². The Balaban J connectivity index is 2.42. The van der Waals surface area contributed by atoms with Crippen LogP contribution in [0.25, 0.3) is 0 Å². The molecule has 0 aliphatic rings. The zero-order valence-electron chi connectivity index (χ0n) is 9.85. The van der Waals surface area contributed by atoms with Gasteiger partial charge in [0.15, 0.2) is 0 Å². The maximum Gasteiger partial charge on any atom is 0.341 e. The van der Waals surface area contributed by atoms with E-state index in [-0.39, 0.29) is 11.4 Å². The second-order valence-corrected chi connectivity index (χ2v) is 4.64. The lowest BCUT2D eigenvalue weighted by Gasteiger charge is -2.09. The van der Waals surface area contributed by atoms with Gasteiger partial charge in [-0.25, -0.2) is 14.2 Å². The number of aromatic carboxylic acids is 1. The van der Waals surface area contributed by atoms with Gasteiger partial charge in [-0.2, -0.15) is 0 Å². The summed E-state index contributed by atoms with van der Waals surface area (Å²) in [4.78, 5) is 15.1. The van der Waals surface area contributed by atoms with Gasteiger partial charge >= 0.3 is 5.97 Å². The summed E-state index contributed by atoms with van der Waals surface area (Å²) < 4.78 is 18.8. The summed E-state index contributed by atoms with van der Waals surface area (Å²) in [5, 5.41) is 9.06. The lowest BCUT2D eigenvalue weighted by molar-refractivity contribution is 0.0693. The fourth-order valence-corrected chi connectivity index (χ4v) is 1.87. The average Bonchev–Trinajstić information content (AvgIpc) is 2.32. The SMILES string of the molecule is Cc1ccc(C(=O)O)c(Oc2ccc(F)cc2Br)n1. The standard InChI is InChI=1S/C13H9BrFNO3/c1-7-2-4-9(13(17)18)12(16-7)19-11-5-3-8(15)6-10(11)14/h2-6H,1H3,(H,17,18). The zero-order valence-corrected chi connectivity index (χ0v) is 11.4. The molecule has 2 aromatic rings. The number of nitrogens with zero attached hydrogens (tertiary/aromatic N) is 1. The first-order chi connectivity index (χ1) is 8.97. The normalized spacial score (nSPS) is 10.3. The number of rotatable bonds is 3. The van der Waals surface area contributed by atoms with Gasteiger partial charge in [0.1, 0.15) is 17.1 Å². The first-order valence-corrected chi connectivity index (χ1v) is 6.10. The molecule has 0 amide bonds. The van der Waals surface area contributed by atoms with Crippen molar-refractivity contribution < 1.29 is 19.0 Å². The van der Waals surface area contributed by atoms with Crippen LogP contribution < -0.4 is 4.74 Å². The van der Waals surface area contributed by atoms with E-state index in [2.05, 4.69) is 20.9 Å². The van der Waals surface area contributed by atoms with Gasteiger partial charge in [-0.05, 0) is 53.2 Å². The molecule has 6 heteroatoms. The Morgan fingerprint density at radius 1 is 1.37 bits per heavy atom. The van der Waals surface area contributed by atoms with Crippen LogP contribution in [0, 0.1) is 12.7 Å². The molecule has 0 bridgehead atoms. The van der Waals surface area contributed by atoms with Crippen molar-refractivity contribution in [3.05, 3.63) is 51.9 Å². The van der Waals surface area contributed by atoms with E-state index in [4.69, 9.17) is 9.84 Å². The van der Waals surface area contributed by atoms with Gasteiger partial charge in [-0.15, -0.1) is 0 Å². The quantitative estimate of drug-likeness (QED) is 0.932. The summed E-state index contributed by atoms with van der Waals surface area (Å²) in [6.07, 6.45) is 0. The second kappa shape index (κ2) is 5.36. The Morgan fingerprint density at radius 3 is 2.74 bits per heavy atom. The molecule has 19 heavy (non-hydrogen) atoms. The molecule has 0 aliphatic heterocycles. The fourth-order valence-electron chi connectivity index (χ4n) is 1.44. The number of pyridine rings is 1. The smallest absolute Gasteiger partial charge is 0.341 e. The summed E-state index contributed by atoms with van der Waals surface area (Å²) in [7, 11) is 0. The van der Waals surface area contributed by atoms with Gasteiger partial charge in [0, 0.05) is 5.69 Å². The Morgan fingerprint density at radius 2 is 2.11 bits per heavy atom. The molecule has 1 aromatic heterocycles. The number of benzene rings is 1. The molecular weight excluding hydrogens is 317 g/mol. The van der Waals surface area contributed by atoms with Gasteiger partial charge in [-0.3, -0.25) is 0 Å². The largest absolute Gasteiger partial charge is 0.477 e. The average molecular weight is 326 g/mol. The number of hydrogen-bond acceptors (Lipinski definition) is 3. The molecule has 0 fully saturated rings. The molecule has 0 aliphatic carbocycles. The van der Waals surface area contributed by atoms with Gasteiger partial charge in [0.2, 0.25) is 5.88 Å². The number of ether oxygens (including phenoxy) is 1. The van der Waals surface area contributed by atoms with Crippen LogP contribution in [0.5, 0.6) is 11.6 Å². The van der Waals surface area contributed by atoms with Crippen molar-refractivity contribution in [3.8, 4) is 11.6 Å². The fraction of sp³-hybridized carbons (Fsp3) is 0.0769. The highest BCUT2D eigenvalue weighted by molar-refractivity contribution is 9.10. The highest BCUT2D eigenvalue weighted by atomic mass is 79.9. The van der Waals surface area contributed by atoms with Crippen LogP contribution in [-0.4, -0.2) is 16.1 Å². The highest BCUT2D eigenvalue weighted by Gasteiger charge is 2.15. The number of aromatic nitrogens is 1. The first-order valence-electron chi connectivity index (χ1n) is 5.31. The van der Waals surface area contributed by atoms with Crippen LogP contribution in [0.3, 0.4) is 0 Å². The number of carboxylic acid groups (broad SMARTS) is 1. The maximum absolute atomic E-state index is 13.0. The van der Waals surface area contributed by atoms with Crippen LogP contribution in [0.2, 0.25) is 0 Å². The molecule has 0 unspecified atom stereocenters. The predicted molar refractivity (Wildman–Crippen MR) is 70.1 cm³/mol. The predicted octanol–water partition coefficient (Wildman–Crippen LogP) is 3.78. The lowest BCUT2D eigenvalue weighted by Crippen LogP contribution is -2.03. The number of halogens is 2. The molecule has 0 atom stereocenters. The summed E-state index contributed by atoms with van der Waals surface area (Å²) in [5.41, 5.74) is 0.569. The maximum atomic E-state index is 13.0. The van der Waals surface area contributed by atoms with E-state index in [9.17, 15) is 9.18 Å². The summed E-state index contributed by atoms with van der Waals surface area (Å²) in [6, 6.07) is 6.84. The molecule has 1 heterocycles. The van der Waals surface area contributed by atoms with Gasteiger partial charge in [0.05, 0.1) is 4.47 Å². The van der Waals surface area contributed by atoms with Crippen LogP contribution in [-0.2, 0) is 0 Å². The number of hydrogen-bond donors (Lipinski definition) is 1. The van der Waals surface area contributed by atoms with Crippen molar-refractivity contribution in [1.82, 2.24) is 4.98 Å². The van der Waals surface area contributed by atoms with E-state index >= 15 is 0 Å². The van der Waals surface area contributed by atoms with Gasteiger partial charge in [-0.1, -0.05) is 0 Å². The van der Waals surface area contributed by atoms with Crippen molar-refractivity contribution in [2.75, 3.05) is 0 Å². The van der Waals surface area contributed by atoms with E-state index in [0.29, 0.717) is 15.9 Å². The Labute approximate surface area is 117 Å². The molecule has 1 N–H and O–H groups in total. The molecule has 0 saturated heterocycles.